The lowest BCUT2D eigenvalue weighted by atomic mass is 9.82. The van der Waals surface area contributed by atoms with Crippen molar-refractivity contribution in [1.82, 2.24) is 4.90 Å². The molecule has 2 unspecified atom stereocenters. The standard InChI is InChI=1S/C41H51NO9/c1-5-26-9-7-10-27(6-2)32(26)12-8-11-31(43)23-42-24-33(30-21-35(47-4)40-36(22-30)49-25-50-40)37(41(44)45)38(42)28-13-15-29(16-14-28)39-34(51-39)17-18-48-20-19-46-3/h7,9-10,13-16,21-22,33-34,37-39H,5-6,8,11-12,17-20,23-25H2,1-4H3,(H,44,45)/t33-,34?,37-,38+,39?/m1/s1. The van der Waals surface area contributed by atoms with Crippen molar-refractivity contribution in [1.29, 1.82) is 0 Å². The van der Waals surface area contributed by atoms with E-state index in [0.29, 0.717) is 50.0 Å². The van der Waals surface area contributed by atoms with E-state index < -0.39 is 23.8 Å². The van der Waals surface area contributed by atoms with Crippen LogP contribution in [0.5, 0.6) is 17.2 Å². The highest BCUT2D eigenvalue weighted by atomic mass is 16.7. The molecule has 3 heterocycles. The summed E-state index contributed by atoms with van der Waals surface area (Å²) in [6.45, 7) is 6.71. The molecule has 274 valence electrons. The highest BCUT2D eigenvalue weighted by molar-refractivity contribution is 5.81. The number of carbonyl (C=O) groups is 2. The molecule has 51 heavy (non-hydrogen) atoms. The molecule has 0 spiro atoms. The van der Waals surface area contributed by atoms with Gasteiger partial charge in [-0.2, -0.15) is 0 Å². The molecule has 3 aliphatic heterocycles. The van der Waals surface area contributed by atoms with Gasteiger partial charge in [-0.1, -0.05) is 56.3 Å². The van der Waals surface area contributed by atoms with E-state index in [1.54, 1.807) is 14.2 Å². The van der Waals surface area contributed by atoms with Gasteiger partial charge in [-0.15, -0.1) is 0 Å². The Kier molecular flexibility index (Phi) is 12.3. The number of Topliss-reactive ketones (excluding diaryl/α,β-unsaturated/α-hetero) is 1. The molecule has 0 aromatic heterocycles. The second-order valence-electron chi connectivity index (χ2n) is 13.6. The lowest BCUT2D eigenvalue weighted by Crippen LogP contribution is -2.32. The Labute approximate surface area is 300 Å². The highest BCUT2D eigenvalue weighted by Gasteiger charge is 2.48. The Morgan fingerprint density at radius 3 is 2.35 bits per heavy atom. The number of epoxide rings is 1. The summed E-state index contributed by atoms with van der Waals surface area (Å²) in [5.41, 5.74) is 6.73. The van der Waals surface area contributed by atoms with Crippen molar-refractivity contribution in [2.75, 3.05) is 53.9 Å². The number of carboxylic acids is 1. The first-order valence-corrected chi connectivity index (χ1v) is 18.2. The van der Waals surface area contributed by atoms with Crippen molar-refractivity contribution in [3.63, 3.8) is 0 Å². The van der Waals surface area contributed by atoms with E-state index in [2.05, 4.69) is 36.9 Å². The number of carbonyl (C=O) groups excluding carboxylic acids is 1. The zero-order valence-electron chi connectivity index (χ0n) is 30.2. The number of hydrogen-bond acceptors (Lipinski definition) is 9. The maximum absolute atomic E-state index is 13.7. The van der Waals surface area contributed by atoms with Crippen molar-refractivity contribution < 1.29 is 43.1 Å². The molecule has 10 nitrogen and oxygen atoms in total. The van der Waals surface area contributed by atoms with Gasteiger partial charge in [-0.05, 0) is 77.6 Å². The first kappa shape index (κ1) is 36.8. The largest absolute Gasteiger partial charge is 0.493 e. The summed E-state index contributed by atoms with van der Waals surface area (Å²) in [7, 11) is 3.21. The van der Waals surface area contributed by atoms with E-state index >= 15 is 0 Å². The van der Waals surface area contributed by atoms with Crippen molar-refractivity contribution in [3.05, 3.63) is 88.0 Å². The van der Waals surface area contributed by atoms with Crippen LogP contribution in [0.25, 0.3) is 0 Å². The number of aliphatic carboxylic acids is 1. The fourth-order valence-electron chi connectivity index (χ4n) is 7.91. The van der Waals surface area contributed by atoms with Gasteiger partial charge in [0.25, 0.3) is 0 Å². The van der Waals surface area contributed by atoms with Crippen molar-refractivity contribution >= 4 is 11.8 Å². The van der Waals surface area contributed by atoms with Crippen LogP contribution in [0.1, 0.15) is 84.6 Å². The molecule has 6 rings (SSSR count). The minimum absolute atomic E-state index is 0.0125. The molecule has 0 bridgehead atoms. The van der Waals surface area contributed by atoms with E-state index in [4.69, 9.17) is 28.4 Å². The van der Waals surface area contributed by atoms with Gasteiger partial charge in [0.05, 0.1) is 38.9 Å². The fourth-order valence-corrected chi connectivity index (χ4v) is 7.91. The highest BCUT2D eigenvalue weighted by Crippen LogP contribution is 2.50. The number of hydrogen-bond donors (Lipinski definition) is 1. The number of rotatable bonds is 19. The summed E-state index contributed by atoms with van der Waals surface area (Å²) in [6, 6.07) is 17.7. The summed E-state index contributed by atoms with van der Waals surface area (Å²) < 4.78 is 33.5. The third-order valence-electron chi connectivity index (χ3n) is 10.6. The minimum Gasteiger partial charge on any atom is -0.493 e. The van der Waals surface area contributed by atoms with Gasteiger partial charge in [0.2, 0.25) is 12.5 Å². The van der Waals surface area contributed by atoms with E-state index in [1.807, 2.05) is 36.4 Å². The first-order chi connectivity index (χ1) is 24.9. The maximum Gasteiger partial charge on any atom is 0.309 e. The van der Waals surface area contributed by atoms with E-state index in [0.717, 1.165) is 48.8 Å². The number of ketones is 1. The minimum atomic E-state index is -0.914. The van der Waals surface area contributed by atoms with Gasteiger partial charge in [-0.25, -0.2) is 0 Å². The predicted molar refractivity (Wildman–Crippen MR) is 192 cm³/mol. The molecule has 3 aromatic carbocycles. The predicted octanol–water partition coefficient (Wildman–Crippen LogP) is 6.48. The normalized spacial score (nSPS) is 22.3. The number of carboxylic acid groups (broad SMARTS) is 1. The Balaban J connectivity index is 1.21. The Bertz CT molecular complexity index is 1640. The Morgan fingerprint density at radius 1 is 0.922 bits per heavy atom. The number of ether oxygens (including phenoxy) is 6. The van der Waals surface area contributed by atoms with Crippen LogP contribution >= 0.6 is 0 Å². The van der Waals surface area contributed by atoms with Crippen LogP contribution in [0.15, 0.2) is 54.6 Å². The van der Waals surface area contributed by atoms with Crippen molar-refractivity contribution in [2.24, 2.45) is 5.92 Å². The molecular formula is C41H51NO9. The smallest absolute Gasteiger partial charge is 0.309 e. The van der Waals surface area contributed by atoms with Gasteiger partial charge in [-0.3, -0.25) is 14.5 Å². The third-order valence-corrected chi connectivity index (χ3v) is 10.6. The zero-order chi connectivity index (χ0) is 35.9. The average Bonchev–Trinajstić information content (AvgIpc) is 3.57. The van der Waals surface area contributed by atoms with Crippen LogP contribution in [0.2, 0.25) is 0 Å². The molecular weight excluding hydrogens is 650 g/mol. The number of methoxy groups -OCH3 is 2. The van der Waals surface area contributed by atoms with Crippen LogP contribution in [-0.2, 0) is 43.1 Å². The van der Waals surface area contributed by atoms with Gasteiger partial charge in [0, 0.05) is 38.6 Å². The van der Waals surface area contributed by atoms with Gasteiger partial charge >= 0.3 is 5.97 Å². The summed E-state index contributed by atoms with van der Waals surface area (Å²) >= 11 is 0. The topological polar surface area (TPSA) is 116 Å². The van der Waals surface area contributed by atoms with Crippen molar-refractivity contribution in [2.45, 2.75) is 76.5 Å². The molecule has 3 aromatic rings. The van der Waals surface area contributed by atoms with E-state index in [-0.39, 0.29) is 31.3 Å². The van der Waals surface area contributed by atoms with Crippen LogP contribution in [0.4, 0.5) is 0 Å². The van der Waals surface area contributed by atoms with Gasteiger partial charge < -0.3 is 33.5 Å². The quantitative estimate of drug-likeness (QED) is 0.110. The lowest BCUT2D eigenvalue weighted by Gasteiger charge is -2.27. The second kappa shape index (κ2) is 17.0. The average molecular weight is 702 g/mol. The second-order valence-corrected chi connectivity index (χ2v) is 13.6. The summed E-state index contributed by atoms with van der Waals surface area (Å²) in [4.78, 5) is 29.0. The SMILES string of the molecule is CCc1cccc(CC)c1CCCC(=O)CN1C[C@H](c2cc(OC)c3c(c2)OCO3)[C@@H](C(=O)O)[C@@H]1c1ccc(C2OC2CCOCCOC)cc1. The van der Waals surface area contributed by atoms with E-state index in [9.17, 15) is 14.7 Å². The van der Waals surface area contributed by atoms with E-state index in [1.165, 1.54) is 16.7 Å². The molecule has 0 radical (unpaired) electrons. The number of likely N-dealkylation sites (tertiary alicyclic amines) is 1. The van der Waals surface area contributed by atoms with Crippen molar-refractivity contribution in [3.8, 4) is 17.2 Å². The first-order valence-electron chi connectivity index (χ1n) is 18.2. The molecule has 1 N–H and O–H groups in total. The van der Waals surface area contributed by atoms with Crippen LogP contribution in [0, 0.1) is 5.92 Å². The number of benzene rings is 3. The molecule has 2 fully saturated rings. The summed E-state index contributed by atoms with van der Waals surface area (Å²) in [6.07, 6.45) is 4.83. The summed E-state index contributed by atoms with van der Waals surface area (Å²) in [5.74, 6) is -0.482. The molecule has 0 amide bonds. The lowest BCUT2D eigenvalue weighted by molar-refractivity contribution is -0.143. The monoisotopic (exact) mass is 701 g/mol. The molecule has 3 aliphatic rings. The number of nitrogens with zero attached hydrogens (tertiary/aromatic N) is 1. The summed E-state index contributed by atoms with van der Waals surface area (Å²) in [5, 5.41) is 10.8. The van der Waals surface area contributed by atoms with Gasteiger partial charge in [0.1, 0.15) is 11.9 Å². The fraction of sp³-hybridized carbons (Fsp3) is 0.512. The van der Waals surface area contributed by atoms with Gasteiger partial charge in [0.15, 0.2) is 11.5 Å². The molecule has 0 saturated carbocycles. The molecule has 0 aliphatic carbocycles. The zero-order valence-corrected chi connectivity index (χ0v) is 30.2. The molecule has 10 heteroatoms. The Morgan fingerprint density at radius 2 is 1.67 bits per heavy atom. The Hall–Kier alpha value is -3.96. The third kappa shape index (κ3) is 8.41. The van der Waals surface area contributed by atoms with Crippen LogP contribution in [0.3, 0.4) is 0 Å². The van der Waals surface area contributed by atoms with Crippen LogP contribution < -0.4 is 14.2 Å². The maximum atomic E-state index is 13.7. The van der Waals surface area contributed by atoms with Crippen LogP contribution in [-0.4, -0.2) is 81.8 Å². The molecule has 5 atom stereocenters. The number of fused-ring (bicyclic) bond motifs is 1. The number of aryl methyl sites for hydroxylation is 2. The molecule has 2 saturated heterocycles.